The molecule has 0 amide bonds. The summed E-state index contributed by atoms with van der Waals surface area (Å²) in [5.74, 6) is -3.83. The van der Waals surface area contributed by atoms with Crippen molar-refractivity contribution in [2.75, 3.05) is 26.9 Å². The van der Waals surface area contributed by atoms with Crippen LogP contribution < -0.4 is 19.6 Å². The Morgan fingerprint density at radius 1 is 0.657 bits per heavy atom. The Hall–Kier alpha value is -5.68. The molecule has 3 saturated heterocycles. The molecule has 0 aliphatic carbocycles. The number of esters is 1. The Morgan fingerprint density at radius 2 is 1.25 bits per heavy atom. The summed E-state index contributed by atoms with van der Waals surface area (Å²) in [4.78, 5) is 27.7. The molecule has 15 unspecified atom stereocenters. The highest BCUT2D eigenvalue weighted by molar-refractivity contribution is 5.89. The van der Waals surface area contributed by atoms with E-state index in [0.717, 1.165) is 18.2 Å². The normalized spacial score (nSPS) is 32.3. The lowest BCUT2D eigenvalue weighted by molar-refractivity contribution is -0.358. The van der Waals surface area contributed by atoms with Gasteiger partial charge >= 0.3 is 5.97 Å². The molecule has 3 aliphatic heterocycles. The number of aliphatic hydroxyl groups excluding tert-OH is 10. The number of hydrogen-bond acceptors (Lipinski definition) is 24. The summed E-state index contributed by atoms with van der Waals surface area (Å²) < 4.78 is 51.2. The predicted octanol–water partition coefficient (Wildman–Crippen LogP) is -2.97. The standard InChI is InChI=1S/C43H48O24/c1-59-22-10-16(2-8-20(22)48)3-9-27(50)65-39-34(56)30(52)25(14-45)63-42(39)67-40-35(57)31(53)26(15-46)64-43(40)66-38-32(54)28-21(49)11-19(60-41-36(58)33(55)29(51)24(13-44)62-41)12-23(28)61-37(38)17-4-6-18(47)7-5-17/h2-12,24-26,29-31,33-36,39-49,51-53,55-58H,13-15H2,1H3/b9-3+. The van der Waals surface area contributed by atoms with Crippen LogP contribution in [-0.4, -0.2) is 191 Å². The first kappa shape index (κ1) is 49.2. The van der Waals surface area contributed by atoms with Crippen molar-refractivity contribution in [1.82, 2.24) is 0 Å². The summed E-state index contributed by atoms with van der Waals surface area (Å²) >= 11 is 0. The van der Waals surface area contributed by atoms with Crippen LogP contribution in [0.3, 0.4) is 0 Å². The van der Waals surface area contributed by atoms with Gasteiger partial charge in [0.15, 0.2) is 35.8 Å². The van der Waals surface area contributed by atoms with Crippen LogP contribution >= 0.6 is 0 Å². The zero-order valence-corrected chi connectivity index (χ0v) is 34.9. The summed E-state index contributed by atoms with van der Waals surface area (Å²) in [7, 11) is 1.31. The maximum atomic E-state index is 14.5. The third-order valence-corrected chi connectivity index (χ3v) is 11.2. The van der Waals surface area contributed by atoms with E-state index in [1.54, 1.807) is 0 Å². The summed E-state index contributed by atoms with van der Waals surface area (Å²) in [6.07, 6.45) is -25.7. The Kier molecular flexibility index (Phi) is 15.2. The zero-order chi connectivity index (χ0) is 48.4. The maximum Gasteiger partial charge on any atom is 0.331 e. The second-order valence-corrected chi connectivity index (χ2v) is 15.6. The molecule has 364 valence electrons. The van der Waals surface area contributed by atoms with E-state index in [-0.39, 0.29) is 28.6 Å². The maximum absolute atomic E-state index is 14.5. The topological polar surface area (TPSA) is 384 Å². The molecule has 0 spiro atoms. The molecular formula is C43H48O24. The molecule has 3 aromatic carbocycles. The summed E-state index contributed by atoms with van der Waals surface area (Å²) in [6.45, 7) is -2.65. The number of hydrogen-bond donors (Lipinski definition) is 13. The zero-order valence-electron chi connectivity index (χ0n) is 34.9. The third-order valence-electron chi connectivity index (χ3n) is 11.2. The number of ether oxygens (including phenoxy) is 8. The van der Waals surface area contributed by atoms with Gasteiger partial charge < -0.3 is 109 Å². The van der Waals surface area contributed by atoms with Gasteiger partial charge in [0.05, 0.1) is 26.9 Å². The van der Waals surface area contributed by atoms with E-state index in [1.165, 1.54) is 55.7 Å². The molecule has 13 N–H and O–H groups in total. The van der Waals surface area contributed by atoms with Crippen molar-refractivity contribution in [2.45, 2.75) is 92.1 Å². The van der Waals surface area contributed by atoms with Gasteiger partial charge in [-0.15, -0.1) is 0 Å². The molecule has 1 aromatic heterocycles. The minimum atomic E-state index is -2.11. The van der Waals surface area contributed by atoms with E-state index in [9.17, 15) is 76.0 Å². The van der Waals surface area contributed by atoms with Gasteiger partial charge in [-0.25, -0.2) is 4.79 Å². The Balaban J connectivity index is 1.24. The van der Waals surface area contributed by atoms with E-state index < -0.39 is 152 Å². The number of phenolic OH excluding ortho intramolecular Hbond substituents is 3. The number of methoxy groups -OCH3 is 1. The van der Waals surface area contributed by atoms with Crippen LogP contribution in [0.15, 0.2) is 69.9 Å². The number of aromatic hydroxyl groups is 3. The lowest BCUT2D eigenvalue weighted by Crippen LogP contribution is -2.65. The number of carbonyl (C=O) groups is 1. The van der Waals surface area contributed by atoms with Crippen molar-refractivity contribution in [3.63, 3.8) is 0 Å². The third kappa shape index (κ3) is 10.1. The summed E-state index contributed by atoms with van der Waals surface area (Å²) in [6, 6.07) is 11.1. The monoisotopic (exact) mass is 948 g/mol. The fraction of sp³-hybridized carbons (Fsp3) is 0.442. The molecule has 0 bridgehead atoms. The van der Waals surface area contributed by atoms with Crippen molar-refractivity contribution in [1.29, 1.82) is 0 Å². The lowest BCUT2D eigenvalue weighted by Gasteiger charge is -2.46. The highest BCUT2D eigenvalue weighted by Crippen LogP contribution is 2.40. The molecule has 15 atom stereocenters. The van der Waals surface area contributed by atoms with Crippen LogP contribution in [0.1, 0.15) is 5.56 Å². The molecule has 3 fully saturated rings. The molecule has 24 heteroatoms. The minimum Gasteiger partial charge on any atom is -0.508 e. The van der Waals surface area contributed by atoms with Gasteiger partial charge in [-0.05, 0) is 48.0 Å². The number of carbonyl (C=O) groups excluding carboxylic acids is 1. The van der Waals surface area contributed by atoms with Crippen molar-refractivity contribution in [3.05, 3.63) is 76.5 Å². The first-order valence-electron chi connectivity index (χ1n) is 20.4. The quantitative estimate of drug-likeness (QED) is 0.0443. The van der Waals surface area contributed by atoms with Gasteiger partial charge in [-0.2, -0.15) is 0 Å². The average Bonchev–Trinajstić information content (AvgIpc) is 3.31. The van der Waals surface area contributed by atoms with E-state index in [4.69, 9.17) is 42.3 Å². The summed E-state index contributed by atoms with van der Waals surface area (Å²) in [5.41, 5.74) is -1.15. The van der Waals surface area contributed by atoms with Crippen molar-refractivity contribution >= 4 is 23.0 Å². The highest BCUT2D eigenvalue weighted by Gasteiger charge is 2.53. The van der Waals surface area contributed by atoms with E-state index in [2.05, 4.69) is 0 Å². The van der Waals surface area contributed by atoms with Gasteiger partial charge in [0.25, 0.3) is 0 Å². The van der Waals surface area contributed by atoms with Crippen LogP contribution in [0.2, 0.25) is 0 Å². The lowest BCUT2D eigenvalue weighted by atomic mass is 9.97. The van der Waals surface area contributed by atoms with Gasteiger partial charge in [0, 0.05) is 23.8 Å². The molecular weight excluding hydrogens is 900 g/mol. The Bertz CT molecular complexity index is 2440. The van der Waals surface area contributed by atoms with Gasteiger partial charge in [0.1, 0.15) is 89.3 Å². The van der Waals surface area contributed by atoms with Crippen LogP contribution in [0.5, 0.6) is 34.5 Å². The molecule has 0 saturated carbocycles. The molecule has 24 nitrogen and oxygen atoms in total. The second kappa shape index (κ2) is 20.7. The van der Waals surface area contributed by atoms with Gasteiger partial charge in [-0.3, -0.25) is 4.79 Å². The van der Waals surface area contributed by atoms with E-state index >= 15 is 0 Å². The molecule has 67 heavy (non-hydrogen) atoms. The second-order valence-electron chi connectivity index (χ2n) is 15.6. The van der Waals surface area contributed by atoms with Crippen molar-refractivity contribution < 1.29 is 113 Å². The van der Waals surface area contributed by atoms with Crippen LogP contribution in [0.4, 0.5) is 0 Å². The highest BCUT2D eigenvalue weighted by atomic mass is 16.8. The minimum absolute atomic E-state index is 0.0309. The molecule has 4 aromatic rings. The Morgan fingerprint density at radius 3 is 1.88 bits per heavy atom. The number of aliphatic hydroxyl groups is 10. The molecule has 7 rings (SSSR count). The molecule has 4 heterocycles. The smallest absolute Gasteiger partial charge is 0.331 e. The van der Waals surface area contributed by atoms with Gasteiger partial charge in [0.2, 0.25) is 23.8 Å². The number of fused-ring (bicyclic) bond motifs is 1. The fourth-order valence-electron chi connectivity index (χ4n) is 7.53. The van der Waals surface area contributed by atoms with Crippen LogP contribution in [-0.2, 0) is 28.5 Å². The number of benzene rings is 3. The fourth-order valence-corrected chi connectivity index (χ4v) is 7.53. The first-order valence-corrected chi connectivity index (χ1v) is 20.4. The summed E-state index contributed by atoms with van der Waals surface area (Å²) in [5, 5.41) is 136. The van der Waals surface area contributed by atoms with Gasteiger partial charge in [-0.1, -0.05) is 6.07 Å². The number of rotatable bonds is 14. The largest absolute Gasteiger partial charge is 0.508 e. The molecule has 0 radical (unpaired) electrons. The van der Waals surface area contributed by atoms with Crippen molar-refractivity contribution in [3.8, 4) is 45.8 Å². The average molecular weight is 949 g/mol. The Labute approximate surface area is 377 Å². The molecule has 3 aliphatic rings. The SMILES string of the molecule is COc1cc(/C=C/C(=O)OC2C(OC3C(Oc4c(-c5ccc(O)cc5)oc5cc(OC6OC(CO)C(O)C(O)C6O)cc(O)c5c4=O)OC(CO)C(O)C3O)OC(CO)C(O)C2O)ccc1O. The first-order chi connectivity index (χ1) is 32.0. The van der Waals surface area contributed by atoms with Crippen LogP contribution in [0, 0.1) is 0 Å². The van der Waals surface area contributed by atoms with Crippen LogP contribution in [0.25, 0.3) is 28.4 Å². The van der Waals surface area contributed by atoms with E-state index in [1.807, 2.05) is 0 Å². The number of phenols is 3. The van der Waals surface area contributed by atoms with Crippen molar-refractivity contribution in [2.24, 2.45) is 0 Å². The predicted molar refractivity (Wildman–Crippen MR) is 220 cm³/mol. The van der Waals surface area contributed by atoms with E-state index in [0.29, 0.717) is 5.56 Å².